The highest BCUT2D eigenvalue weighted by atomic mass is 16.2. The van der Waals surface area contributed by atoms with E-state index in [9.17, 15) is 9.59 Å². The normalized spacial score (nSPS) is 20.0. The van der Waals surface area contributed by atoms with Crippen LogP contribution in [0.15, 0.2) is 42.5 Å². The smallest absolute Gasteiger partial charge is 0.243 e. The molecule has 0 spiro atoms. The monoisotopic (exact) mass is 325 g/mol. The van der Waals surface area contributed by atoms with Crippen molar-refractivity contribution < 1.29 is 9.59 Å². The number of hydrogen-bond acceptors (Lipinski definition) is 3. The predicted octanol–water partition coefficient (Wildman–Crippen LogP) is 2.27. The SMILES string of the molecule is NC[C@H]1CCC[C@H]1C(=O)NCC(=O)Nc1cccc2ccccc12. The van der Waals surface area contributed by atoms with Crippen LogP contribution in [0.5, 0.6) is 0 Å². The van der Waals surface area contributed by atoms with E-state index in [0.29, 0.717) is 6.54 Å². The highest BCUT2D eigenvalue weighted by Gasteiger charge is 2.31. The molecule has 5 heteroatoms. The van der Waals surface area contributed by atoms with E-state index in [1.807, 2.05) is 42.5 Å². The zero-order valence-electron chi connectivity index (χ0n) is 13.6. The maximum absolute atomic E-state index is 12.2. The minimum Gasteiger partial charge on any atom is -0.347 e. The molecule has 4 N–H and O–H groups in total. The molecule has 2 aromatic carbocycles. The number of rotatable bonds is 5. The third-order valence-electron chi connectivity index (χ3n) is 4.79. The summed E-state index contributed by atoms with van der Waals surface area (Å²) in [4.78, 5) is 24.4. The average molecular weight is 325 g/mol. The molecule has 1 aliphatic carbocycles. The molecule has 0 saturated heterocycles. The summed E-state index contributed by atoms with van der Waals surface area (Å²) >= 11 is 0. The van der Waals surface area contributed by atoms with Gasteiger partial charge in [0.1, 0.15) is 0 Å². The van der Waals surface area contributed by atoms with Gasteiger partial charge in [-0.25, -0.2) is 0 Å². The Bertz CT molecular complexity index is 739. The van der Waals surface area contributed by atoms with Gasteiger partial charge in [-0.15, -0.1) is 0 Å². The van der Waals surface area contributed by atoms with Crippen LogP contribution in [0.2, 0.25) is 0 Å². The number of hydrogen-bond donors (Lipinski definition) is 3. The lowest BCUT2D eigenvalue weighted by Gasteiger charge is -2.17. The van der Waals surface area contributed by atoms with Gasteiger partial charge in [0.25, 0.3) is 0 Å². The van der Waals surface area contributed by atoms with Gasteiger partial charge < -0.3 is 16.4 Å². The van der Waals surface area contributed by atoms with Gasteiger partial charge in [0.2, 0.25) is 11.8 Å². The molecule has 2 atom stereocenters. The number of amides is 2. The number of benzene rings is 2. The molecule has 0 radical (unpaired) electrons. The van der Waals surface area contributed by atoms with Crippen LogP contribution in [0.1, 0.15) is 19.3 Å². The average Bonchev–Trinajstić information content (AvgIpc) is 3.09. The van der Waals surface area contributed by atoms with Gasteiger partial charge in [0.05, 0.1) is 6.54 Å². The highest BCUT2D eigenvalue weighted by molar-refractivity contribution is 6.03. The van der Waals surface area contributed by atoms with Crippen LogP contribution in [0, 0.1) is 11.8 Å². The fraction of sp³-hybridized carbons (Fsp3) is 0.368. The van der Waals surface area contributed by atoms with Gasteiger partial charge in [0, 0.05) is 17.0 Å². The molecule has 1 fully saturated rings. The van der Waals surface area contributed by atoms with Crippen LogP contribution in [0.3, 0.4) is 0 Å². The molecule has 5 nitrogen and oxygen atoms in total. The summed E-state index contributed by atoms with van der Waals surface area (Å²) in [6.07, 6.45) is 2.89. The van der Waals surface area contributed by atoms with Crippen molar-refractivity contribution in [3.05, 3.63) is 42.5 Å². The number of nitrogens with one attached hydrogen (secondary N) is 2. The number of carbonyl (C=O) groups is 2. The second-order valence-corrected chi connectivity index (χ2v) is 6.33. The zero-order chi connectivity index (χ0) is 16.9. The van der Waals surface area contributed by atoms with Gasteiger partial charge in [-0.2, -0.15) is 0 Å². The summed E-state index contributed by atoms with van der Waals surface area (Å²) < 4.78 is 0. The first-order valence-corrected chi connectivity index (χ1v) is 8.44. The minimum absolute atomic E-state index is 0.0180. The quantitative estimate of drug-likeness (QED) is 0.788. The van der Waals surface area contributed by atoms with Crippen molar-refractivity contribution in [3.63, 3.8) is 0 Å². The molecule has 0 unspecified atom stereocenters. The number of fused-ring (bicyclic) bond motifs is 1. The van der Waals surface area contributed by atoms with Crippen LogP contribution >= 0.6 is 0 Å². The fourth-order valence-corrected chi connectivity index (χ4v) is 3.49. The maximum atomic E-state index is 12.2. The Morgan fingerprint density at radius 2 is 1.88 bits per heavy atom. The molecule has 2 aromatic rings. The molecule has 1 saturated carbocycles. The molecular formula is C19H23N3O2. The molecule has 0 aliphatic heterocycles. The van der Waals surface area contributed by atoms with Crippen LogP contribution < -0.4 is 16.4 Å². The van der Waals surface area contributed by atoms with Crippen LogP contribution in [-0.4, -0.2) is 24.9 Å². The van der Waals surface area contributed by atoms with Crippen molar-refractivity contribution in [2.45, 2.75) is 19.3 Å². The molecule has 126 valence electrons. The van der Waals surface area contributed by atoms with Crippen molar-refractivity contribution in [1.29, 1.82) is 0 Å². The Morgan fingerprint density at radius 1 is 1.08 bits per heavy atom. The molecule has 24 heavy (non-hydrogen) atoms. The summed E-state index contributed by atoms with van der Waals surface area (Å²) in [5.74, 6) is -0.0931. The lowest BCUT2D eigenvalue weighted by molar-refractivity contribution is -0.128. The highest BCUT2D eigenvalue weighted by Crippen LogP contribution is 2.30. The van der Waals surface area contributed by atoms with Crippen molar-refractivity contribution in [3.8, 4) is 0 Å². The van der Waals surface area contributed by atoms with Gasteiger partial charge >= 0.3 is 0 Å². The van der Waals surface area contributed by atoms with Crippen molar-refractivity contribution in [1.82, 2.24) is 5.32 Å². The van der Waals surface area contributed by atoms with Crippen LogP contribution in [0.4, 0.5) is 5.69 Å². The molecular weight excluding hydrogens is 302 g/mol. The number of carbonyl (C=O) groups excluding carboxylic acids is 2. The summed E-state index contributed by atoms with van der Waals surface area (Å²) in [7, 11) is 0. The number of anilines is 1. The first kappa shape index (κ1) is 16.5. The van der Waals surface area contributed by atoms with E-state index in [2.05, 4.69) is 10.6 Å². The summed E-state index contributed by atoms with van der Waals surface area (Å²) in [6.45, 7) is 0.510. The minimum atomic E-state index is -0.220. The van der Waals surface area contributed by atoms with Crippen molar-refractivity contribution in [2.75, 3.05) is 18.4 Å². The fourth-order valence-electron chi connectivity index (χ4n) is 3.49. The third kappa shape index (κ3) is 3.57. The van der Waals surface area contributed by atoms with Crippen LogP contribution in [0.25, 0.3) is 10.8 Å². The Kier molecular flexibility index (Phi) is 5.11. The second kappa shape index (κ2) is 7.45. The van der Waals surface area contributed by atoms with E-state index in [4.69, 9.17) is 5.73 Å². The number of nitrogens with two attached hydrogens (primary N) is 1. The first-order valence-electron chi connectivity index (χ1n) is 8.44. The largest absolute Gasteiger partial charge is 0.347 e. The molecule has 2 amide bonds. The van der Waals surface area contributed by atoms with E-state index in [-0.39, 0.29) is 30.2 Å². The standard InChI is InChI=1S/C19H23N3O2/c20-11-14-7-3-9-16(14)19(24)21-12-18(23)22-17-10-4-6-13-5-1-2-8-15(13)17/h1-2,4-6,8,10,14,16H,3,7,9,11-12,20H2,(H,21,24)(H,22,23)/t14-,16-/m1/s1. The summed E-state index contributed by atoms with van der Waals surface area (Å²) in [6, 6.07) is 13.6. The summed E-state index contributed by atoms with van der Waals surface area (Å²) in [5, 5.41) is 7.68. The lowest BCUT2D eigenvalue weighted by Crippen LogP contribution is -2.39. The molecule has 0 bridgehead atoms. The Hall–Kier alpha value is -2.40. The van der Waals surface area contributed by atoms with Gasteiger partial charge in [-0.1, -0.05) is 42.8 Å². The van der Waals surface area contributed by atoms with Crippen molar-refractivity contribution >= 4 is 28.3 Å². The third-order valence-corrected chi connectivity index (χ3v) is 4.79. The van der Waals surface area contributed by atoms with Gasteiger partial charge in [-0.05, 0) is 36.8 Å². The van der Waals surface area contributed by atoms with Gasteiger partial charge in [-0.3, -0.25) is 9.59 Å². The van der Waals surface area contributed by atoms with Gasteiger partial charge in [0.15, 0.2) is 0 Å². The lowest BCUT2D eigenvalue weighted by atomic mass is 9.95. The van der Waals surface area contributed by atoms with Crippen LogP contribution in [-0.2, 0) is 9.59 Å². The van der Waals surface area contributed by atoms with Crippen molar-refractivity contribution in [2.24, 2.45) is 17.6 Å². The molecule has 0 heterocycles. The zero-order valence-corrected chi connectivity index (χ0v) is 13.6. The first-order chi connectivity index (χ1) is 11.7. The van der Waals surface area contributed by atoms with E-state index in [0.717, 1.165) is 35.7 Å². The molecule has 1 aliphatic rings. The predicted molar refractivity (Wildman–Crippen MR) is 95.5 cm³/mol. The van der Waals surface area contributed by atoms with E-state index < -0.39 is 0 Å². The van der Waals surface area contributed by atoms with E-state index >= 15 is 0 Å². The summed E-state index contributed by atoms with van der Waals surface area (Å²) in [5.41, 5.74) is 6.47. The Morgan fingerprint density at radius 3 is 2.71 bits per heavy atom. The Balaban J connectivity index is 1.58. The topological polar surface area (TPSA) is 84.2 Å². The van der Waals surface area contributed by atoms with E-state index in [1.54, 1.807) is 0 Å². The molecule has 3 rings (SSSR count). The molecule has 0 aromatic heterocycles. The second-order valence-electron chi connectivity index (χ2n) is 6.33. The Labute approximate surface area is 141 Å². The van der Waals surface area contributed by atoms with E-state index in [1.165, 1.54) is 0 Å². The maximum Gasteiger partial charge on any atom is 0.243 e.